The molecule has 0 spiro atoms. The zero-order valence-corrected chi connectivity index (χ0v) is 11.9. The first kappa shape index (κ1) is 13.1. The zero-order valence-electron chi connectivity index (χ0n) is 9.52. The van der Waals surface area contributed by atoms with Gasteiger partial charge in [0.2, 0.25) is 0 Å². The lowest BCUT2D eigenvalue weighted by molar-refractivity contribution is 0.0690. The van der Waals surface area contributed by atoms with Gasteiger partial charge in [-0.3, -0.25) is 0 Å². The Morgan fingerprint density at radius 3 is 2.72 bits per heavy atom. The lowest BCUT2D eigenvalue weighted by Gasteiger charge is -2.06. The van der Waals surface area contributed by atoms with E-state index in [-0.39, 0.29) is 5.69 Å². The lowest BCUT2D eigenvalue weighted by Crippen LogP contribution is -2.03. The van der Waals surface area contributed by atoms with Crippen LogP contribution >= 0.6 is 27.5 Å². The monoisotopic (exact) mass is 328 g/mol. The van der Waals surface area contributed by atoms with Gasteiger partial charge in [-0.2, -0.15) is 5.10 Å². The maximum atomic E-state index is 10.9. The summed E-state index contributed by atoms with van der Waals surface area (Å²) in [6.45, 7) is 1.94. The molecule has 0 amide bonds. The van der Waals surface area contributed by atoms with E-state index >= 15 is 0 Å². The molecule has 4 nitrogen and oxygen atoms in total. The molecule has 18 heavy (non-hydrogen) atoms. The largest absolute Gasteiger partial charge is 0.476 e. The van der Waals surface area contributed by atoms with Crippen molar-refractivity contribution in [1.29, 1.82) is 0 Å². The highest BCUT2D eigenvalue weighted by atomic mass is 79.9. The number of nitrogens with zero attached hydrogens (tertiary/aromatic N) is 2. The Kier molecular flexibility index (Phi) is 3.73. The molecule has 0 aliphatic heterocycles. The van der Waals surface area contributed by atoms with Gasteiger partial charge in [0.15, 0.2) is 5.69 Å². The normalized spacial score (nSPS) is 10.6. The van der Waals surface area contributed by atoms with Gasteiger partial charge in [-0.25, -0.2) is 9.48 Å². The van der Waals surface area contributed by atoms with Crippen LogP contribution in [0.4, 0.5) is 0 Å². The molecule has 0 atom stereocenters. The summed E-state index contributed by atoms with van der Waals surface area (Å²) < 4.78 is 2.42. The Morgan fingerprint density at radius 2 is 2.17 bits per heavy atom. The highest BCUT2D eigenvalue weighted by molar-refractivity contribution is 9.10. The van der Waals surface area contributed by atoms with Gasteiger partial charge < -0.3 is 5.11 Å². The Morgan fingerprint density at radius 1 is 1.44 bits per heavy atom. The first-order chi connectivity index (χ1) is 8.51. The second-order valence-electron chi connectivity index (χ2n) is 3.72. The second-order valence-corrected chi connectivity index (χ2v) is 5.07. The van der Waals surface area contributed by atoms with Gasteiger partial charge >= 0.3 is 5.97 Å². The number of aromatic carboxylic acids is 1. The summed E-state index contributed by atoms with van der Waals surface area (Å²) in [5, 5.41) is 13.6. The van der Waals surface area contributed by atoms with Crippen LogP contribution in [0.25, 0.3) is 5.69 Å². The molecule has 0 aliphatic carbocycles. The van der Waals surface area contributed by atoms with E-state index in [4.69, 9.17) is 16.7 Å². The maximum Gasteiger partial charge on any atom is 0.356 e. The van der Waals surface area contributed by atoms with Gasteiger partial charge in [0, 0.05) is 15.2 Å². The molecule has 1 aromatic carbocycles. The fraction of sp³-hybridized carbons (Fsp3) is 0.167. The van der Waals surface area contributed by atoms with Crippen LogP contribution in [-0.4, -0.2) is 20.9 Å². The Hall–Kier alpha value is -1.33. The van der Waals surface area contributed by atoms with Gasteiger partial charge in [0.05, 0.1) is 5.69 Å². The summed E-state index contributed by atoms with van der Waals surface area (Å²) in [5.41, 5.74) is 1.59. The number of hydrogen-bond acceptors (Lipinski definition) is 2. The Labute approximate surface area is 117 Å². The van der Waals surface area contributed by atoms with E-state index in [1.165, 1.54) is 0 Å². The molecule has 0 radical (unpaired) electrons. The van der Waals surface area contributed by atoms with Crippen molar-refractivity contribution in [2.75, 3.05) is 0 Å². The van der Waals surface area contributed by atoms with Crippen LogP contribution in [0.5, 0.6) is 0 Å². The minimum Gasteiger partial charge on any atom is -0.476 e. The van der Waals surface area contributed by atoms with E-state index in [1.807, 2.05) is 13.0 Å². The molecule has 2 aromatic rings. The standard InChI is InChI=1S/C12H10BrClN2O2/c1-2-9-6-11(12(17)18)15-16(9)10-4-7(13)3-8(14)5-10/h3-6H,2H2,1H3,(H,17,18). The van der Waals surface area contributed by atoms with Crippen molar-refractivity contribution in [2.24, 2.45) is 0 Å². The Bertz CT molecular complexity index is 590. The van der Waals surface area contributed by atoms with Crippen molar-refractivity contribution in [1.82, 2.24) is 9.78 Å². The smallest absolute Gasteiger partial charge is 0.356 e. The van der Waals surface area contributed by atoms with E-state index in [9.17, 15) is 4.79 Å². The highest BCUT2D eigenvalue weighted by Crippen LogP contribution is 2.23. The molecule has 6 heteroatoms. The van der Waals surface area contributed by atoms with Crippen molar-refractivity contribution >= 4 is 33.5 Å². The third kappa shape index (κ3) is 2.57. The summed E-state index contributed by atoms with van der Waals surface area (Å²) in [7, 11) is 0. The van der Waals surface area contributed by atoms with Crippen LogP contribution in [0.3, 0.4) is 0 Å². The first-order valence-electron chi connectivity index (χ1n) is 5.30. The molecular formula is C12H10BrClN2O2. The zero-order chi connectivity index (χ0) is 13.3. The van der Waals surface area contributed by atoms with E-state index < -0.39 is 5.97 Å². The van der Waals surface area contributed by atoms with E-state index in [0.717, 1.165) is 15.9 Å². The van der Waals surface area contributed by atoms with Crippen LogP contribution in [0.15, 0.2) is 28.7 Å². The second kappa shape index (κ2) is 5.12. The van der Waals surface area contributed by atoms with Gasteiger partial charge in [-0.1, -0.05) is 34.5 Å². The van der Waals surface area contributed by atoms with Crippen molar-refractivity contribution in [2.45, 2.75) is 13.3 Å². The van der Waals surface area contributed by atoms with Gasteiger partial charge in [-0.05, 0) is 30.7 Å². The van der Waals surface area contributed by atoms with Crippen LogP contribution in [0.1, 0.15) is 23.1 Å². The number of benzene rings is 1. The predicted molar refractivity (Wildman–Crippen MR) is 72.6 cm³/mol. The van der Waals surface area contributed by atoms with Crippen LogP contribution < -0.4 is 0 Å². The lowest BCUT2D eigenvalue weighted by atomic mass is 10.2. The highest BCUT2D eigenvalue weighted by Gasteiger charge is 2.13. The number of carbonyl (C=O) groups is 1. The SMILES string of the molecule is CCc1cc(C(=O)O)nn1-c1cc(Cl)cc(Br)c1. The third-order valence-electron chi connectivity index (χ3n) is 2.46. The number of rotatable bonds is 3. The molecular weight excluding hydrogens is 320 g/mol. The maximum absolute atomic E-state index is 10.9. The van der Waals surface area contributed by atoms with Gasteiger partial charge in [-0.15, -0.1) is 0 Å². The first-order valence-corrected chi connectivity index (χ1v) is 6.47. The topological polar surface area (TPSA) is 55.1 Å². The van der Waals surface area contributed by atoms with Gasteiger partial charge in [0.25, 0.3) is 0 Å². The minimum absolute atomic E-state index is 0.0305. The summed E-state index contributed by atoms with van der Waals surface area (Å²) in [6.07, 6.45) is 0.685. The van der Waals surface area contributed by atoms with E-state index in [0.29, 0.717) is 11.4 Å². The number of carboxylic acid groups (broad SMARTS) is 1. The molecule has 1 N–H and O–H groups in total. The molecule has 1 aromatic heterocycles. The molecule has 0 fully saturated rings. The summed E-state index contributed by atoms with van der Waals surface area (Å²) in [4.78, 5) is 10.9. The van der Waals surface area contributed by atoms with Crippen LogP contribution in [0, 0.1) is 0 Å². The van der Waals surface area contributed by atoms with Gasteiger partial charge in [0.1, 0.15) is 0 Å². The predicted octanol–water partition coefficient (Wildman–Crippen LogP) is 3.55. The third-order valence-corrected chi connectivity index (χ3v) is 3.13. The molecule has 0 bridgehead atoms. The number of hydrogen-bond donors (Lipinski definition) is 1. The molecule has 0 saturated carbocycles. The number of halogens is 2. The quantitative estimate of drug-likeness (QED) is 0.937. The van der Waals surface area contributed by atoms with Crippen molar-refractivity contribution < 1.29 is 9.90 Å². The summed E-state index contributed by atoms with van der Waals surface area (Å²) in [5.74, 6) is -1.04. The molecule has 1 heterocycles. The van der Waals surface area contributed by atoms with Crippen LogP contribution in [0.2, 0.25) is 5.02 Å². The average Bonchev–Trinajstić information content (AvgIpc) is 2.71. The fourth-order valence-corrected chi connectivity index (χ4v) is 2.50. The minimum atomic E-state index is -1.04. The Balaban J connectivity index is 2.58. The summed E-state index contributed by atoms with van der Waals surface area (Å²) in [6, 6.07) is 6.91. The number of aryl methyl sites for hydroxylation is 1. The van der Waals surface area contributed by atoms with Crippen molar-refractivity contribution in [3.63, 3.8) is 0 Å². The van der Waals surface area contributed by atoms with Crippen molar-refractivity contribution in [3.05, 3.63) is 45.1 Å². The molecule has 0 saturated heterocycles. The number of carboxylic acids is 1. The summed E-state index contributed by atoms with van der Waals surface area (Å²) >= 11 is 9.33. The van der Waals surface area contributed by atoms with Crippen LogP contribution in [-0.2, 0) is 6.42 Å². The molecule has 94 valence electrons. The van der Waals surface area contributed by atoms with E-state index in [1.54, 1.807) is 22.9 Å². The fourth-order valence-electron chi connectivity index (χ4n) is 1.66. The molecule has 0 aliphatic rings. The molecule has 0 unspecified atom stereocenters. The molecule has 2 rings (SSSR count). The van der Waals surface area contributed by atoms with E-state index in [2.05, 4.69) is 21.0 Å². The average molecular weight is 330 g/mol. The van der Waals surface area contributed by atoms with Crippen molar-refractivity contribution in [3.8, 4) is 5.69 Å². The number of aromatic nitrogens is 2.